The molecule has 0 atom stereocenters. The third-order valence-corrected chi connectivity index (χ3v) is 9.05. The van der Waals surface area contributed by atoms with Gasteiger partial charge in [-0.3, -0.25) is 0 Å². The largest absolute Gasteiger partial charge is 0.508 e. The van der Waals surface area contributed by atoms with Crippen molar-refractivity contribution in [2.24, 2.45) is 0 Å². The number of benzene rings is 3. The van der Waals surface area contributed by atoms with Crippen LogP contribution in [0.3, 0.4) is 0 Å². The van der Waals surface area contributed by atoms with Gasteiger partial charge in [0.1, 0.15) is 22.8 Å². The van der Waals surface area contributed by atoms with Crippen molar-refractivity contribution in [3.05, 3.63) is 87.0 Å². The Labute approximate surface area is 258 Å². The molecule has 0 fully saturated rings. The lowest BCUT2D eigenvalue weighted by Crippen LogP contribution is -2.18. The van der Waals surface area contributed by atoms with Gasteiger partial charge in [-0.05, 0) is 76.1 Å². The lowest BCUT2D eigenvalue weighted by atomic mass is 9.78. The minimum Gasteiger partial charge on any atom is -0.508 e. The lowest BCUT2D eigenvalue weighted by Gasteiger charge is -2.27. The van der Waals surface area contributed by atoms with E-state index in [1.54, 1.807) is 12.1 Å². The van der Waals surface area contributed by atoms with E-state index < -0.39 is 5.97 Å². The van der Waals surface area contributed by atoms with E-state index in [0.717, 1.165) is 60.8 Å². The van der Waals surface area contributed by atoms with E-state index in [0.29, 0.717) is 23.1 Å². The molecule has 5 nitrogen and oxygen atoms in total. The van der Waals surface area contributed by atoms with E-state index in [2.05, 4.69) is 47.6 Å². The molecule has 4 N–H and O–H groups in total. The van der Waals surface area contributed by atoms with Crippen molar-refractivity contribution in [1.29, 1.82) is 0 Å². The maximum absolute atomic E-state index is 12.1. The number of aryl methyl sites for hydroxylation is 1. The van der Waals surface area contributed by atoms with E-state index in [9.17, 15) is 25.2 Å². The number of carboxylic acids is 1. The molecule has 5 heteroatoms. The number of rotatable bonds is 15. The van der Waals surface area contributed by atoms with Crippen LogP contribution in [-0.4, -0.2) is 26.4 Å². The minimum atomic E-state index is -1.17. The number of phenols is 3. The van der Waals surface area contributed by atoms with Gasteiger partial charge in [-0.15, -0.1) is 0 Å². The molecule has 0 spiro atoms. The summed E-state index contributed by atoms with van der Waals surface area (Å²) in [6, 6.07) is 13.1. The standard InChI is InChI=1S/C38H52O5/c1-8-10-12-16-37(4,5)30-14-15-33(39)26(22-30)20-27-18-25(3)19-28(34(27)40)21-29-23-31(24-32(35(29)41)36(42)43)38(6,7)17-13-11-9-2/h14-15,18-19,22-24,39-41H,8-13,16-17,20-21H2,1-7H3,(H,42,43). The summed E-state index contributed by atoms with van der Waals surface area (Å²) < 4.78 is 0. The fourth-order valence-electron chi connectivity index (χ4n) is 6.07. The minimum absolute atomic E-state index is 0.0356. The van der Waals surface area contributed by atoms with Crippen LogP contribution in [0.25, 0.3) is 0 Å². The summed E-state index contributed by atoms with van der Waals surface area (Å²) in [6.45, 7) is 15.0. The topological polar surface area (TPSA) is 98.0 Å². The van der Waals surface area contributed by atoms with Gasteiger partial charge in [0.25, 0.3) is 0 Å². The second-order valence-corrected chi connectivity index (χ2v) is 13.6. The number of carboxylic acid groups (broad SMARTS) is 1. The van der Waals surface area contributed by atoms with Crippen LogP contribution < -0.4 is 0 Å². The molecule has 0 aliphatic rings. The number of hydrogen-bond donors (Lipinski definition) is 4. The molecule has 0 bridgehead atoms. The second-order valence-electron chi connectivity index (χ2n) is 13.6. The molecule has 0 amide bonds. The van der Waals surface area contributed by atoms with Crippen molar-refractivity contribution in [2.45, 2.75) is 124 Å². The molecule has 0 heterocycles. The average Bonchev–Trinajstić information content (AvgIpc) is 2.93. The van der Waals surface area contributed by atoms with Gasteiger partial charge in [0, 0.05) is 12.8 Å². The van der Waals surface area contributed by atoms with E-state index in [-0.39, 0.29) is 40.1 Å². The van der Waals surface area contributed by atoms with Crippen LogP contribution in [0.5, 0.6) is 17.2 Å². The quantitative estimate of drug-likeness (QED) is 0.133. The SMILES string of the molecule is CCCCCC(C)(C)c1ccc(O)c(Cc2cc(C)cc(Cc3cc(C(C)(C)CCCCC)cc(C(=O)O)c3O)c2O)c1. The van der Waals surface area contributed by atoms with Gasteiger partial charge in [0.15, 0.2) is 0 Å². The first kappa shape index (κ1) is 34.0. The molecule has 234 valence electrons. The van der Waals surface area contributed by atoms with Crippen LogP contribution in [-0.2, 0) is 23.7 Å². The zero-order valence-corrected chi connectivity index (χ0v) is 27.3. The number of hydrogen-bond acceptors (Lipinski definition) is 4. The summed E-state index contributed by atoms with van der Waals surface area (Å²) in [5.74, 6) is -1.15. The third-order valence-electron chi connectivity index (χ3n) is 9.05. The predicted octanol–water partition coefficient (Wildman–Crippen LogP) is 9.71. The summed E-state index contributed by atoms with van der Waals surface area (Å²) >= 11 is 0. The van der Waals surface area contributed by atoms with Crippen molar-refractivity contribution in [1.82, 2.24) is 0 Å². The highest BCUT2D eigenvalue weighted by atomic mass is 16.4. The molecule has 3 rings (SSSR count). The predicted molar refractivity (Wildman–Crippen MR) is 176 cm³/mol. The number of aromatic carboxylic acids is 1. The fraction of sp³-hybridized carbons (Fsp3) is 0.500. The van der Waals surface area contributed by atoms with Gasteiger partial charge in [-0.1, -0.05) is 116 Å². The monoisotopic (exact) mass is 588 g/mol. The van der Waals surface area contributed by atoms with E-state index >= 15 is 0 Å². The first-order valence-electron chi connectivity index (χ1n) is 15.9. The molecule has 0 aliphatic carbocycles. The summed E-state index contributed by atoms with van der Waals surface area (Å²) in [5.41, 5.74) is 5.06. The van der Waals surface area contributed by atoms with Gasteiger partial charge in [0.2, 0.25) is 0 Å². The Hall–Kier alpha value is -3.47. The van der Waals surface area contributed by atoms with Crippen molar-refractivity contribution in [2.75, 3.05) is 0 Å². The third kappa shape index (κ3) is 8.55. The summed E-state index contributed by atoms with van der Waals surface area (Å²) in [6.07, 6.45) is 9.25. The van der Waals surface area contributed by atoms with Gasteiger partial charge in [-0.2, -0.15) is 0 Å². The molecule has 0 saturated heterocycles. The van der Waals surface area contributed by atoms with Gasteiger partial charge in [-0.25, -0.2) is 4.79 Å². The molecule has 0 aliphatic heterocycles. The summed E-state index contributed by atoms with van der Waals surface area (Å²) in [5, 5.41) is 43.1. The molecule has 0 saturated carbocycles. The van der Waals surface area contributed by atoms with Crippen LogP contribution in [0, 0.1) is 6.92 Å². The normalized spacial score (nSPS) is 12.1. The number of unbranched alkanes of at least 4 members (excludes halogenated alkanes) is 4. The van der Waals surface area contributed by atoms with Crippen LogP contribution >= 0.6 is 0 Å². The van der Waals surface area contributed by atoms with Crippen LogP contribution in [0.1, 0.15) is 142 Å². The number of carbonyl (C=O) groups is 1. The Bertz CT molecular complexity index is 1420. The zero-order valence-electron chi connectivity index (χ0n) is 27.3. The highest BCUT2D eigenvalue weighted by Crippen LogP contribution is 2.39. The fourth-order valence-corrected chi connectivity index (χ4v) is 6.07. The van der Waals surface area contributed by atoms with E-state index in [1.807, 2.05) is 31.2 Å². The second kappa shape index (κ2) is 14.3. The van der Waals surface area contributed by atoms with Crippen molar-refractivity contribution < 1.29 is 25.2 Å². The van der Waals surface area contributed by atoms with Crippen molar-refractivity contribution in [3.63, 3.8) is 0 Å². The van der Waals surface area contributed by atoms with E-state index in [1.165, 1.54) is 12.8 Å². The summed E-state index contributed by atoms with van der Waals surface area (Å²) in [4.78, 5) is 12.1. The molecule has 0 unspecified atom stereocenters. The average molecular weight is 589 g/mol. The first-order valence-corrected chi connectivity index (χ1v) is 15.9. The Balaban J connectivity index is 1.99. The number of phenolic OH excluding ortho intramolecular Hbond substituents is 2. The summed E-state index contributed by atoms with van der Waals surface area (Å²) in [7, 11) is 0. The molecular formula is C38H52O5. The molecule has 0 aromatic heterocycles. The highest BCUT2D eigenvalue weighted by molar-refractivity contribution is 5.91. The van der Waals surface area contributed by atoms with Crippen LogP contribution in [0.2, 0.25) is 0 Å². The Morgan fingerprint density at radius 3 is 1.67 bits per heavy atom. The van der Waals surface area contributed by atoms with Gasteiger partial charge < -0.3 is 20.4 Å². The Morgan fingerprint density at radius 1 is 0.651 bits per heavy atom. The van der Waals surface area contributed by atoms with E-state index in [4.69, 9.17) is 0 Å². The van der Waals surface area contributed by atoms with Crippen LogP contribution in [0.15, 0.2) is 42.5 Å². The number of aromatic hydroxyl groups is 3. The smallest absolute Gasteiger partial charge is 0.339 e. The molecule has 43 heavy (non-hydrogen) atoms. The molecule has 0 radical (unpaired) electrons. The van der Waals surface area contributed by atoms with Crippen molar-refractivity contribution in [3.8, 4) is 17.2 Å². The maximum atomic E-state index is 12.1. The first-order chi connectivity index (χ1) is 20.2. The highest BCUT2D eigenvalue weighted by Gasteiger charge is 2.26. The van der Waals surface area contributed by atoms with Gasteiger partial charge >= 0.3 is 5.97 Å². The Morgan fingerprint density at radius 2 is 1.14 bits per heavy atom. The molecule has 3 aromatic carbocycles. The Kier molecular flexibility index (Phi) is 11.3. The zero-order chi connectivity index (χ0) is 31.9. The lowest BCUT2D eigenvalue weighted by molar-refractivity contribution is 0.0693. The van der Waals surface area contributed by atoms with Crippen molar-refractivity contribution >= 4 is 5.97 Å². The molecular weight excluding hydrogens is 536 g/mol. The maximum Gasteiger partial charge on any atom is 0.339 e. The van der Waals surface area contributed by atoms with Crippen LogP contribution in [0.4, 0.5) is 0 Å². The molecule has 3 aromatic rings. The van der Waals surface area contributed by atoms with Gasteiger partial charge in [0.05, 0.1) is 0 Å².